The van der Waals surface area contributed by atoms with E-state index < -0.39 is 30.0 Å². The second-order valence-electron chi connectivity index (χ2n) is 11.2. The van der Waals surface area contributed by atoms with Gasteiger partial charge < -0.3 is 20.9 Å². The maximum Gasteiger partial charge on any atom is 0.416 e. The van der Waals surface area contributed by atoms with E-state index in [9.17, 15) is 26.3 Å². The first-order valence-corrected chi connectivity index (χ1v) is 14.3. The van der Waals surface area contributed by atoms with Gasteiger partial charge in [0.25, 0.3) is 0 Å². The first-order chi connectivity index (χ1) is 20.2. The molecule has 0 amide bonds. The van der Waals surface area contributed by atoms with Crippen LogP contribution in [0.4, 0.5) is 37.8 Å². The normalized spacial score (nSPS) is 15.1. The first-order valence-electron chi connectivity index (χ1n) is 14.3. The number of anilines is 2. The molecule has 8 nitrogen and oxygen atoms in total. The summed E-state index contributed by atoms with van der Waals surface area (Å²) in [4.78, 5) is 8.29. The van der Waals surface area contributed by atoms with Crippen LogP contribution in [-0.4, -0.2) is 42.5 Å². The maximum atomic E-state index is 13.6. The number of alkyl halides is 6. The molecule has 3 N–H and O–H groups in total. The van der Waals surface area contributed by atoms with Crippen molar-refractivity contribution in [3.63, 3.8) is 0 Å². The molecule has 1 aromatic heterocycles. The lowest BCUT2D eigenvalue weighted by Crippen LogP contribution is -2.37. The third-order valence-corrected chi connectivity index (χ3v) is 7.23. The number of nitrogens with one attached hydrogen (secondary N) is 1. The monoisotopic (exact) mass is 614 g/mol. The van der Waals surface area contributed by atoms with Crippen LogP contribution in [0.2, 0.25) is 0 Å². The van der Waals surface area contributed by atoms with Gasteiger partial charge in [-0.1, -0.05) is 31.8 Å². The number of nitrogens with zero attached hydrogens (tertiary/aromatic N) is 6. The summed E-state index contributed by atoms with van der Waals surface area (Å²) in [6.07, 6.45) is -3.66. The minimum Gasteiger partial charge on any atom is -0.384 e. The third-order valence-electron chi connectivity index (χ3n) is 7.23. The number of pyridine rings is 1. The van der Waals surface area contributed by atoms with Crippen molar-refractivity contribution in [2.24, 2.45) is 33.0 Å². The minimum absolute atomic E-state index is 0.00708. The van der Waals surface area contributed by atoms with E-state index in [4.69, 9.17) is 10.7 Å². The van der Waals surface area contributed by atoms with Gasteiger partial charge in [-0.05, 0) is 66.7 Å². The molecule has 1 aliphatic carbocycles. The van der Waals surface area contributed by atoms with Gasteiger partial charge in [0.2, 0.25) is 5.96 Å². The summed E-state index contributed by atoms with van der Waals surface area (Å²) < 4.78 is 81.5. The zero-order valence-corrected chi connectivity index (χ0v) is 24.9. The van der Waals surface area contributed by atoms with E-state index in [1.807, 2.05) is 13.0 Å². The second-order valence-corrected chi connectivity index (χ2v) is 11.2. The molecule has 238 valence electrons. The summed E-state index contributed by atoms with van der Waals surface area (Å²) in [5, 5.41) is 14.2. The number of guanidine groups is 1. The molecule has 2 aromatic rings. The maximum absolute atomic E-state index is 13.6. The lowest BCUT2D eigenvalue weighted by Gasteiger charge is -2.30. The lowest BCUT2D eigenvalue weighted by molar-refractivity contribution is -0.143. The van der Waals surface area contributed by atoms with Crippen molar-refractivity contribution in [1.29, 1.82) is 0 Å². The molecule has 1 aliphatic rings. The molecule has 0 unspecified atom stereocenters. The predicted molar refractivity (Wildman–Crippen MR) is 156 cm³/mol. The molecule has 0 radical (unpaired) electrons. The van der Waals surface area contributed by atoms with Gasteiger partial charge >= 0.3 is 12.4 Å². The molecule has 0 saturated heterocycles. The van der Waals surface area contributed by atoms with Crippen LogP contribution in [0.1, 0.15) is 68.7 Å². The Hall–Kier alpha value is -3.58. The molecule has 0 atom stereocenters. The molecule has 43 heavy (non-hydrogen) atoms. The van der Waals surface area contributed by atoms with Gasteiger partial charge in [-0.2, -0.15) is 31.5 Å². The number of halogens is 6. The topological polar surface area (TPSA) is 94.5 Å². The molecule has 1 saturated carbocycles. The number of benzene rings is 1. The summed E-state index contributed by atoms with van der Waals surface area (Å²) in [7, 11) is 1.36. The molecule has 0 aliphatic heterocycles. The van der Waals surface area contributed by atoms with E-state index in [1.54, 1.807) is 6.20 Å². The zero-order chi connectivity index (χ0) is 31.8. The van der Waals surface area contributed by atoms with E-state index in [0.29, 0.717) is 48.4 Å². The Morgan fingerprint density at radius 1 is 1.02 bits per heavy atom. The standard InChI is InChI=1S/C29H40F6N8/c1-5-42(16-20-8-6-7-9-20)26-22(12-25(15-39-26)38-14-19(2)3)18-43(27(36)40-41-37-4)17-21-10-23(28(30,31)32)13-24(11-21)29(33,34)35/h10-13,15,19-20,38H,5-9,14,16-18H2,1-4H3,(H2,36,37,40). The van der Waals surface area contributed by atoms with Crippen LogP contribution < -0.4 is 16.0 Å². The first kappa shape index (κ1) is 33.9. The van der Waals surface area contributed by atoms with E-state index in [2.05, 4.69) is 39.5 Å². The Morgan fingerprint density at radius 3 is 2.19 bits per heavy atom. The lowest BCUT2D eigenvalue weighted by atomic mass is 10.0. The van der Waals surface area contributed by atoms with Crippen LogP contribution >= 0.6 is 0 Å². The van der Waals surface area contributed by atoms with Crippen molar-refractivity contribution in [2.75, 3.05) is 36.9 Å². The minimum atomic E-state index is -4.98. The molecule has 1 heterocycles. The SMILES string of the molecule is CCN(CC1CCCC1)c1ncc(NCC(C)C)cc1CN(Cc1cc(C(F)(F)F)cc(C(F)(F)F)c1)/C(N)=N/N=NC. The van der Waals surface area contributed by atoms with Crippen LogP contribution in [0.25, 0.3) is 0 Å². The molecular weight excluding hydrogens is 574 g/mol. The molecule has 1 fully saturated rings. The molecule has 3 rings (SSSR count). The van der Waals surface area contributed by atoms with Crippen molar-refractivity contribution in [3.05, 3.63) is 52.7 Å². The highest BCUT2D eigenvalue weighted by atomic mass is 19.4. The van der Waals surface area contributed by atoms with Crippen molar-refractivity contribution in [2.45, 2.75) is 71.9 Å². The molecule has 0 bridgehead atoms. The summed E-state index contributed by atoms with van der Waals surface area (Å²) in [6.45, 7) is 7.84. The zero-order valence-electron chi connectivity index (χ0n) is 24.9. The van der Waals surface area contributed by atoms with E-state index in [-0.39, 0.29) is 24.1 Å². The predicted octanol–water partition coefficient (Wildman–Crippen LogP) is 7.52. The van der Waals surface area contributed by atoms with Crippen LogP contribution in [0.5, 0.6) is 0 Å². The summed E-state index contributed by atoms with van der Waals surface area (Å²) in [6, 6.07) is 3.37. The van der Waals surface area contributed by atoms with Crippen LogP contribution in [0.3, 0.4) is 0 Å². The van der Waals surface area contributed by atoms with Gasteiger partial charge in [0.15, 0.2) is 0 Å². The van der Waals surface area contributed by atoms with Crippen molar-refractivity contribution in [3.8, 4) is 0 Å². The third kappa shape index (κ3) is 9.99. The number of aromatic nitrogens is 1. The van der Waals surface area contributed by atoms with Crippen LogP contribution in [0, 0.1) is 11.8 Å². The average Bonchev–Trinajstić information content (AvgIpc) is 3.45. The average molecular weight is 615 g/mol. The highest BCUT2D eigenvalue weighted by Crippen LogP contribution is 2.37. The summed E-state index contributed by atoms with van der Waals surface area (Å²) in [5.41, 5.74) is 4.56. The fraction of sp³-hybridized carbons (Fsp3) is 0.586. The Labute approximate surface area is 248 Å². The smallest absolute Gasteiger partial charge is 0.384 e. The molecule has 0 spiro atoms. The van der Waals surface area contributed by atoms with Gasteiger partial charge in [-0.15, -0.1) is 0 Å². The van der Waals surface area contributed by atoms with Crippen molar-refractivity contribution in [1.82, 2.24) is 9.88 Å². The Kier molecular flexibility index (Phi) is 11.6. The quantitative estimate of drug-likeness (QED) is 0.0848. The van der Waals surface area contributed by atoms with E-state index in [1.165, 1.54) is 24.8 Å². The highest BCUT2D eigenvalue weighted by Gasteiger charge is 2.37. The molecular formula is C29H40F6N8. The Morgan fingerprint density at radius 2 is 1.65 bits per heavy atom. The van der Waals surface area contributed by atoms with Crippen molar-refractivity contribution < 1.29 is 26.3 Å². The summed E-state index contributed by atoms with van der Waals surface area (Å²) >= 11 is 0. The fourth-order valence-electron chi connectivity index (χ4n) is 5.10. The number of hydrogen-bond acceptors (Lipinski definition) is 5. The number of nitrogens with two attached hydrogens (primary N) is 1. The summed E-state index contributed by atoms with van der Waals surface area (Å²) in [5.74, 6) is 1.30. The van der Waals surface area contributed by atoms with Gasteiger partial charge in [-0.3, -0.25) is 0 Å². The van der Waals surface area contributed by atoms with Gasteiger partial charge in [0.05, 0.1) is 30.1 Å². The Bertz CT molecular complexity index is 1220. The van der Waals surface area contributed by atoms with Gasteiger partial charge in [0, 0.05) is 38.3 Å². The fourth-order valence-corrected chi connectivity index (χ4v) is 5.10. The highest BCUT2D eigenvalue weighted by molar-refractivity contribution is 5.78. The molecule has 14 heteroatoms. The second kappa shape index (κ2) is 14.7. The van der Waals surface area contributed by atoms with Crippen molar-refractivity contribution >= 4 is 17.5 Å². The van der Waals surface area contributed by atoms with Gasteiger partial charge in [-0.25, -0.2) is 4.98 Å². The number of hydrogen-bond donors (Lipinski definition) is 2. The number of rotatable bonds is 12. The Balaban J connectivity index is 2.08. The van der Waals surface area contributed by atoms with Gasteiger partial charge in [0.1, 0.15) is 5.82 Å². The van der Waals surface area contributed by atoms with Crippen LogP contribution in [0.15, 0.2) is 45.9 Å². The van der Waals surface area contributed by atoms with E-state index in [0.717, 1.165) is 25.1 Å². The van der Waals surface area contributed by atoms with E-state index >= 15 is 0 Å². The largest absolute Gasteiger partial charge is 0.416 e. The molecule has 1 aromatic carbocycles. The van der Waals surface area contributed by atoms with Crippen LogP contribution in [-0.2, 0) is 25.4 Å².